The maximum absolute atomic E-state index is 12.3. The number of carbonyl (C=O) groups excluding carboxylic acids is 1. The molecule has 1 amide bonds. The van der Waals surface area contributed by atoms with Gasteiger partial charge < -0.3 is 10.2 Å². The van der Waals surface area contributed by atoms with Crippen molar-refractivity contribution in [2.75, 3.05) is 19.6 Å². The molecule has 0 aromatic carbocycles. The van der Waals surface area contributed by atoms with Crippen molar-refractivity contribution >= 4 is 5.91 Å². The number of hydrogen-bond acceptors (Lipinski definition) is 4. The molecule has 1 saturated heterocycles. The number of nitrogens with one attached hydrogen (secondary N) is 1. The zero-order chi connectivity index (χ0) is 13.8. The summed E-state index contributed by atoms with van der Waals surface area (Å²) in [6.07, 6.45) is 2.80. The summed E-state index contributed by atoms with van der Waals surface area (Å²) in [6.45, 7) is 9.55. The predicted molar refractivity (Wildman–Crippen MR) is 72.8 cm³/mol. The lowest BCUT2D eigenvalue weighted by molar-refractivity contribution is 0.0703. The van der Waals surface area contributed by atoms with Crippen LogP contribution in [0.5, 0.6) is 0 Å². The van der Waals surface area contributed by atoms with E-state index in [1.807, 2.05) is 4.90 Å². The van der Waals surface area contributed by atoms with Crippen molar-refractivity contribution in [3.63, 3.8) is 0 Å². The first-order valence-corrected chi connectivity index (χ1v) is 6.99. The summed E-state index contributed by atoms with van der Waals surface area (Å²) in [5.41, 5.74) is 0.456. The van der Waals surface area contributed by atoms with Crippen molar-refractivity contribution in [2.45, 2.75) is 39.8 Å². The van der Waals surface area contributed by atoms with Gasteiger partial charge >= 0.3 is 0 Å². The molecule has 19 heavy (non-hydrogen) atoms. The SMILES string of the molecule is CC(C)CCn1cc(C(=O)N2CCN[C@@H](C)C2)nn1. The highest BCUT2D eigenvalue weighted by Crippen LogP contribution is 2.07. The lowest BCUT2D eigenvalue weighted by Gasteiger charge is -2.31. The van der Waals surface area contributed by atoms with Crippen LogP contribution in [0.15, 0.2) is 6.20 Å². The number of aromatic nitrogens is 3. The summed E-state index contributed by atoms with van der Waals surface area (Å²) in [7, 11) is 0. The molecular formula is C13H23N5O. The number of hydrogen-bond donors (Lipinski definition) is 1. The van der Waals surface area contributed by atoms with Gasteiger partial charge in [0.05, 0.1) is 6.20 Å². The summed E-state index contributed by atoms with van der Waals surface area (Å²) >= 11 is 0. The molecule has 1 atom stereocenters. The Labute approximate surface area is 114 Å². The Balaban J connectivity index is 1.95. The molecule has 6 heteroatoms. The Morgan fingerprint density at radius 3 is 3.05 bits per heavy atom. The molecule has 2 rings (SSSR count). The predicted octanol–water partition coefficient (Wildman–Crippen LogP) is 0.758. The van der Waals surface area contributed by atoms with E-state index in [4.69, 9.17) is 0 Å². The van der Waals surface area contributed by atoms with E-state index in [9.17, 15) is 4.79 Å². The van der Waals surface area contributed by atoms with Crippen LogP contribution in [0, 0.1) is 5.92 Å². The maximum atomic E-state index is 12.3. The highest BCUT2D eigenvalue weighted by molar-refractivity contribution is 5.92. The van der Waals surface area contributed by atoms with E-state index in [0.717, 1.165) is 32.6 Å². The molecule has 1 aliphatic heterocycles. The molecule has 2 heterocycles. The number of carbonyl (C=O) groups is 1. The molecule has 0 bridgehead atoms. The first-order chi connectivity index (χ1) is 9.06. The van der Waals surface area contributed by atoms with Gasteiger partial charge in [-0.05, 0) is 19.3 Å². The van der Waals surface area contributed by atoms with Crippen LogP contribution >= 0.6 is 0 Å². The van der Waals surface area contributed by atoms with Gasteiger partial charge in [-0.15, -0.1) is 5.10 Å². The van der Waals surface area contributed by atoms with Gasteiger partial charge in [0.25, 0.3) is 5.91 Å². The molecule has 106 valence electrons. The molecule has 1 N–H and O–H groups in total. The first-order valence-electron chi connectivity index (χ1n) is 6.99. The fraction of sp³-hybridized carbons (Fsp3) is 0.769. The van der Waals surface area contributed by atoms with E-state index in [-0.39, 0.29) is 5.91 Å². The van der Waals surface area contributed by atoms with E-state index in [1.165, 1.54) is 0 Å². The third-order valence-electron chi connectivity index (χ3n) is 3.35. The molecule has 0 saturated carbocycles. The smallest absolute Gasteiger partial charge is 0.276 e. The molecule has 0 spiro atoms. The van der Waals surface area contributed by atoms with Crippen molar-refractivity contribution < 1.29 is 4.79 Å². The van der Waals surface area contributed by atoms with Crippen molar-refractivity contribution in [2.24, 2.45) is 5.92 Å². The Morgan fingerprint density at radius 2 is 2.37 bits per heavy atom. The van der Waals surface area contributed by atoms with E-state index in [1.54, 1.807) is 10.9 Å². The van der Waals surface area contributed by atoms with Crippen LogP contribution in [0.25, 0.3) is 0 Å². The molecule has 1 aromatic rings. The number of amides is 1. The standard InChI is InChI=1S/C13H23N5O/c1-10(2)4-6-18-9-12(15-16-18)13(19)17-7-5-14-11(3)8-17/h9-11,14H,4-8H2,1-3H3/t11-/m0/s1. The van der Waals surface area contributed by atoms with Crippen LogP contribution in [-0.4, -0.2) is 51.5 Å². The number of rotatable bonds is 4. The van der Waals surface area contributed by atoms with Crippen LogP contribution in [0.3, 0.4) is 0 Å². The third-order valence-corrected chi connectivity index (χ3v) is 3.35. The number of aryl methyl sites for hydroxylation is 1. The van der Waals surface area contributed by atoms with E-state index in [0.29, 0.717) is 17.7 Å². The van der Waals surface area contributed by atoms with Crippen molar-refractivity contribution in [1.29, 1.82) is 0 Å². The van der Waals surface area contributed by atoms with Gasteiger partial charge in [-0.1, -0.05) is 19.1 Å². The summed E-state index contributed by atoms with van der Waals surface area (Å²) in [5.74, 6) is 0.613. The lowest BCUT2D eigenvalue weighted by atomic mass is 10.1. The van der Waals surface area contributed by atoms with E-state index >= 15 is 0 Å². The minimum atomic E-state index is -0.0100. The minimum absolute atomic E-state index is 0.0100. The van der Waals surface area contributed by atoms with Gasteiger partial charge in [-0.25, -0.2) is 0 Å². The van der Waals surface area contributed by atoms with Gasteiger partial charge in [0.1, 0.15) is 0 Å². The van der Waals surface area contributed by atoms with Crippen molar-refractivity contribution in [3.05, 3.63) is 11.9 Å². The Morgan fingerprint density at radius 1 is 1.58 bits per heavy atom. The third kappa shape index (κ3) is 3.76. The van der Waals surface area contributed by atoms with Crippen molar-refractivity contribution in [3.8, 4) is 0 Å². The van der Waals surface area contributed by atoms with E-state index in [2.05, 4.69) is 36.4 Å². The quantitative estimate of drug-likeness (QED) is 0.873. The lowest BCUT2D eigenvalue weighted by Crippen LogP contribution is -2.51. The largest absolute Gasteiger partial charge is 0.334 e. The zero-order valence-corrected chi connectivity index (χ0v) is 12.0. The van der Waals surface area contributed by atoms with Crippen LogP contribution < -0.4 is 5.32 Å². The van der Waals surface area contributed by atoms with Gasteiger partial charge in [0.15, 0.2) is 5.69 Å². The number of piperazine rings is 1. The molecule has 0 radical (unpaired) electrons. The summed E-state index contributed by atoms with van der Waals surface area (Å²) in [6, 6.07) is 0.341. The second-order valence-corrected chi connectivity index (χ2v) is 5.66. The second kappa shape index (κ2) is 6.14. The normalized spacial score (nSPS) is 20.0. The summed E-state index contributed by atoms with van der Waals surface area (Å²) < 4.78 is 1.76. The first kappa shape index (κ1) is 14.0. The Hall–Kier alpha value is -1.43. The van der Waals surface area contributed by atoms with Crippen LogP contribution in [0.1, 0.15) is 37.7 Å². The minimum Gasteiger partial charge on any atom is -0.334 e. The second-order valence-electron chi connectivity index (χ2n) is 5.66. The molecule has 6 nitrogen and oxygen atoms in total. The highest BCUT2D eigenvalue weighted by Gasteiger charge is 2.23. The fourth-order valence-corrected chi connectivity index (χ4v) is 2.17. The maximum Gasteiger partial charge on any atom is 0.276 e. The number of nitrogens with zero attached hydrogens (tertiary/aromatic N) is 4. The molecule has 1 aromatic heterocycles. The highest BCUT2D eigenvalue weighted by atomic mass is 16.2. The Kier molecular flexibility index (Phi) is 4.52. The van der Waals surface area contributed by atoms with Gasteiger partial charge in [-0.3, -0.25) is 9.48 Å². The van der Waals surface area contributed by atoms with Gasteiger partial charge in [0, 0.05) is 32.2 Å². The average Bonchev–Trinajstić information content (AvgIpc) is 2.84. The van der Waals surface area contributed by atoms with Crippen LogP contribution in [-0.2, 0) is 6.54 Å². The molecule has 1 fully saturated rings. The molecule has 0 unspecified atom stereocenters. The summed E-state index contributed by atoms with van der Waals surface area (Å²) in [5, 5.41) is 11.3. The Bertz CT molecular complexity index is 428. The summed E-state index contributed by atoms with van der Waals surface area (Å²) in [4.78, 5) is 14.1. The van der Waals surface area contributed by atoms with Crippen LogP contribution in [0.4, 0.5) is 0 Å². The topological polar surface area (TPSA) is 63.1 Å². The fourth-order valence-electron chi connectivity index (χ4n) is 2.17. The monoisotopic (exact) mass is 265 g/mol. The van der Waals surface area contributed by atoms with Crippen LogP contribution in [0.2, 0.25) is 0 Å². The zero-order valence-electron chi connectivity index (χ0n) is 12.0. The molecule has 1 aliphatic rings. The van der Waals surface area contributed by atoms with E-state index < -0.39 is 0 Å². The average molecular weight is 265 g/mol. The molecule has 0 aliphatic carbocycles. The van der Waals surface area contributed by atoms with Gasteiger partial charge in [-0.2, -0.15) is 0 Å². The van der Waals surface area contributed by atoms with Crippen molar-refractivity contribution in [1.82, 2.24) is 25.2 Å². The molecular weight excluding hydrogens is 242 g/mol. The van der Waals surface area contributed by atoms with Gasteiger partial charge in [0.2, 0.25) is 0 Å².